The Morgan fingerprint density at radius 1 is 1.14 bits per heavy atom. The summed E-state index contributed by atoms with van der Waals surface area (Å²) < 4.78 is 5.44. The second-order valence-corrected chi connectivity index (χ2v) is 5.51. The first-order valence-corrected chi connectivity index (χ1v) is 7.52. The summed E-state index contributed by atoms with van der Waals surface area (Å²) in [5.41, 5.74) is 3.23. The normalized spacial score (nSPS) is 16.2. The van der Waals surface area contributed by atoms with E-state index in [-0.39, 0.29) is 12.6 Å². The van der Waals surface area contributed by atoms with Gasteiger partial charge in [0.2, 0.25) is 0 Å². The second-order valence-electron chi connectivity index (χ2n) is 5.51. The van der Waals surface area contributed by atoms with Crippen molar-refractivity contribution < 1.29 is 14.9 Å². The minimum Gasteiger partial charge on any atom is -0.496 e. The van der Waals surface area contributed by atoms with Gasteiger partial charge in [0, 0.05) is 17.8 Å². The molecule has 2 N–H and O–H groups in total. The molecule has 0 amide bonds. The fourth-order valence-electron chi connectivity index (χ4n) is 3.27. The summed E-state index contributed by atoms with van der Waals surface area (Å²) in [4.78, 5) is 2.16. The first kappa shape index (κ1) is 14.9. The van der Waals surface area contributed by atoms with E-state index in [0.717, 1.165) is 35.5 Å². The zero-order valence-electron chi connectivity index (χ0n) is 12.6. The monoisotopic (exact) mass is 299 g/mol. The van der Waals surface area contributed by atoms with Crippen LogP contribution < -0.4 is 9.64 Å². The lowest BCUT2D eigenvalue weighted by Crippen LogP contribution is -2.37. The highest BCUT2D eigenvalue weighted by Crippen LogP contribution is 2.40. The predicted molar refractivity (Wildman–Crippen MR) is 86.3 cm³/mol. The summed E-state index contributed by atoms with van der Waals surface area (Å²) in [7, 11) is 1.68. The average molecular weight is 299 g/mol. The molecule has 2 atom stereocenters. The third kappa shape index (κ3) is 2.56. The van der Waals surface area contributed by atoms with Crippen LogP contribution in [0, 0.1) is 0 Å². The zero-order valence-corrected chi connectivity index (χ0v) is 12.6. The number of nitrogens with zero attached hydrogens (tertiary/aromatic N) is 1. The lowest BCUT2D eigenvalue weighted by atomic mass is 9.99. The molecule has 0 saturated heterocycles. The highest BCUT2D eigenvalue weighted by molar-refractivity contribution is 5.64. The number of anilines is 1. The maximum absolute atomic E-state index is 10.4. The highest BCUT2D eigenvalue weighted by atomic mass is 16.5. The molecule has 0 radical (unpaired) electrons. The molecular weight excluding hydrogens is 278 g/mol. The van der Waals surface area contributed by atoms with Crippen LogP contribution in [0.3, 0.4) is 0 Å². The molecule has 0 bridgehead atoms. The van der Waals surface area contributed by atoms with E-state index in [0.29, 0.717) is 0 Å². The lowest BCUT2D eigenvalue weighted by Gasteiger charge is -2.33. The Morgan fingerprint density at radius 2 is 1.91 bits per heavy atom. The molecule has 2 aromatic carbocycles. The number of methoxy groups -OCH3 is 1. The van der Waals surface area contributed by atoms with Crippen molar-refractivity contribution in [2.75, 3.05) is 25.2 Å². The molecule has 1 aliphatic rings. The van der Waals surface area contributed by atoms with Crippen molar-refractivity contribution in [1.29, 1.82) is 0 Å². The summed E-state index contributed by atoms with van der Waals surface area (Å²) >= 11 is 0. The average Bonchev–Trinajstić information content (AvgIpc) is 3.00. The predicted octanol–water partition coefficient (Wildman–Crippen LogP) is 2.15. The van der Waals surface area contributed by atoms with Crippen molar-refractivity contribution in [3.05, 3.63) is 59.7 Å². The van der Waals surface area contributed by atoms with Crippen LogP contribution >= 0.6 is 0 Å². The fourth-order valence-corrected chi connectivity index (χ4v) is 3.27. The molecule has 2 unspecified atom stereocenters. The van der Waals surface area contributed by atoms with E-state index >= 15 is 0 Å². The van der Waals surface area contributed by atoms with E-state index in [1.165, 1.54) is 0 Å². The van der Waals surface area contributed by atoms with Crippen LogP contribution in [0.1, 0.15) is 17.2 Å². The Labute approximate surface area is 130 Å². The molecule has 0 saturated carbocycles. The van der Waals surface area contributed by atoms with E-state index < -0.39 is 6.10 Å². The number of hydrogen-bond acceptors (Lipinski definition) is 4. The number of ether oxygens (including phenoxy) is 1. The first-order chi connectivity index (χ1) is 10.8. The quantitative estimate of drug-likeness (QED) is 0.888. The van der Waals surface area contributed by atoms with Gasteiger partial charge in [-0.15, -0.1) is 0 Å². The van der Waals surface area contributed by atoms with Crippen LogP contribution in [0.5, 0.6) is 5.75 Å². The molecule has 4 heteroatoms. The van der Waals surface area contributed by atoms with Crippen molar-refractivity contribution in [2.45, 2.75) is 18.6 Å². The number of fused-ring (bicyclic) bond motifs is 1. The SMILES string of the molecule is COc1cccc2c1CCN2C(c1ccccc1)C(O)CO. The Hall–Kier alpha value is -2.04. The lowest BCUT2D eigenvalue weighted by molar-refractivity contribution is 0.0717. The van der Waals surface area contributed by atoms with E-state index in [9.17, 15) is 10.2 Å². The van der Waals surface area contributed by atoms with E-state index in [4.69, 9.17) is 4.74 Å². The van der Waals surface area contributed by atoms with Crippen molar-refractivity contribution in [3.63, 3.8) is 0 Å². The van der Waals surface area contributed by atoms with Gasteiger partial charge in [-0.3, -0.25) is 0 Å². The van der Waals surface area contributed by atoms with Gasteiger partial charge < -0.3 is 19.8 Å². The first-order valence-electron chi connectivity index (χ1n) is 7.52. The van der Waals surface area contributed by atoms with E-state index in [2.05, 4.69) is 4.90 Å². The number of rotatable bonds is 5. The minimum atomic E-state index is -0.834. The minimum absolute atomic E-state index is 0.264. The van der Waals surface area contributed by atoms with Gasteiger partial charge in [0.15, 0.2) is 0 Å². The highest BCUT2D eigenvalue weighted by Gasteiger charge is 2.33. The molecule has 1 heterocycles. The summed E-state index contributed by atoms with van der Waals surface area (Å²) in [6.07, 6.45) is 0.0421. The van der Waals surface area contributed by atoms with Crippen molar-refractivity contribution >= 4 is 5.69 Å². The third-order valence-electron chi connectivity index (χ3n) is 4.27. The smallest absolute Gasteiger partial charge is 0.124 e. The van der Waals surface area contributed by atoms with E-state index in [1.807, 2.05) is 48.5 Å². The number of aliphatic hydroxyl groups excluding tert-OH is 2. The maximum atomic E-state index is 10.4. The number of aliphatic hydroxyl groups is 2. The summed E-state index contributed by atoms with van der Waals surface area (Å²) in [6.45, 7) is 0.529. The Balaban J connectivity index is 2.02. The zero-order chi connectivity index (χ0) is 15.5. The topological polar surface area (TPSA) is 52.9 Å². The largest absolute Gasteiger partial charge is 0.496 e. The summed E-state index contributed by atoms with van der Waals surface area (Å²) in [5, 5.41) is 19.8. The summed E-state index contributed by atoms with van der Waals surface area (Å²) in [6, 6.07) is 15.5. The van der Waals surface area contributed by atoms with Gasteiger partial charge in [0.1, 0.15) is 11.9 Å². The molecule has 0 spiro atoms. The van der Waals surface area contributed by atoms with Crippen LogP contribution in [0.15, 0.2) is 48.5 Å². The number of benzene rings is 2. The molecule has 3 rings (SSSR count). The van der Waals surface area contributed by atoms with Crippen LogP contribution in [0.2, 0.25) is 0 Å². The molecule has 0 aromatic heterocycles. The standard InChI is InChI=1S/C18H21NO3/c1-22-17-9-5-8-15-14(17)10-11-19(15)18(16(21)12-20)13-6-3-2-4-7-13/h2-9,16,18,20-21H,10-12H2,1H3. The molecular formula is C18H21NO3. The van der Waals surface area contributed by atoms with Crippen LogP contribution in [-0.4, -0.2) is 36.6 Å². The molecule has 1 aliphatic heterocycles. The van der Waals surface area contributed by atoms with Crippen molar-refractivity contribution in [2.24, 2.45) is 0 Å². The number of hydrogen-bond donors (Lipinski definition) is 2. The van der Waals surface area contributed by atoms with Crippen molar-refractivity contribution in [3.8, 4) is 5.75 Å². The van der Waals surface area contributed by atoms with Crippen LogP contribution in [0.25, 0.3) is 0 Å². The molecule has 116 valence electrons. The van der Waals surface area contributed by atoms with Gasteiger partial charge in [-0.25, -0.2) is 0 Å². The third-order valence-corrected chi connectivity index (χ3v) is 4.27. The Morgan fingerprint density at radius 3 is 2.59 bits per heavy atom. The van der Waals surface area contributed by atoms with Gasteiger partial charge in [-0.1, -0.05) is 36.4 Å². The van der Waals surface area contributed by atoms with E-state index in [1.54, 1.807) is 7.11 Å². The van der Waals surface area contributed by atoms with Crippen LogP contribution in [0.4, 0.5) is 5.69 Å². The second kappa shape index (κ2) is 6.38. The van der Waals surface area contributed by atoms with Gasteiger partial charge in [0.25, 0.3) is 0 Å². The molecule has 4 nitrogen and oxygen atoms in total. The Bertz CT molecular complexity index is 629. The summed E-state index contributed by atoms with van der Waals surface area (Å²) in [5.74, 6) is 0.880. The maximum Gasteiger partial charge on any atom is 0.124 e. The molecule has 0 fully saturated rings. The van der Waals surface area contributed by atoms with Gasteiger partial charge in [-0.05, 0) is 24.1 Å². The molecule has 22 heavy (non-hydrogen) atoms. The van der Waals surface area contributed by atoms with Crippen molar-refractivity contribution in [1.82, 2.24) is 0 Å². The van der Waals surface area contributed by atoms with Gasteiger partial charge in [-0.2, -0.15) is 0 Å². The molecule has 2 aromatic rings. The molecule has 0 aliphatic carbocycles. The fraction of sp³-hybridized carbons (Fsp3) is 0.333. The van der Waals surface area contributed by atoms with Crippen LogP contribution in [-0.2, 0) is 6.42 Å². The van der Waals surface area contributed by atoms with Gasteiger partial charge in [0.05, 0.1) is 19.8 Å². The van der Waals surface area contributed by atoms with Gasteiger partial charge >= 0.3 is 0 Å². The Kier molecular flexibility index (Phi) is 4.32.